The molecule has 0 bridgehead atoms. The zero-order valence-corrected chi connectivity index (χ0v) is 15.0. The number of ether oxygens (including phenoxy) is 1. The van der Waals surface area contributed by atoms with Gasteiger partial charge >= 0.3 is 5.97 Å². The minimum absolute atomic E-state index is 0.106. The molecule has 1 amide bonds. The molecular weight excluding hydrogens is 365 g/mol. The minimum atomic E-state index is -1.08. The van der Waals surface area contributed by atoms with Gasteiger partial charge in [0.2, 0.25) is 0 Å². The van der Waals surface area contributed by atoms with Gasteiger partial charge in [-0.2, -0.15) is 0 Å². The Labute approximate surface area is 154 Å². The Morgan fingerprint density at radius 1 is 1.04 bits per heavy atom. The molecular formula is C18H15Cl2NO4. The van der Waals surface area contributed by atoms with Crippen molar-refractivity contribution in [3.63, 3.8) is 0 Å². The molecule has 0 saturated heterocycles. The number of anilines is 1. The summed E-state index contributed by atoms with van der Waals surface area (Å²) in [6, 6.07) is 10.9. The van der Waals surface area contributed by atoms with E-state index in [-0.39, 0.29) is 16.4 Å². The first kappa shape index (κ1) is 19.0. The highest BCUT2D eigenvalue weighted by atomic mass is 35.5. The number of esters is 1. The molecule has 2 rings (SSSR count). The van der Waals surface area contributed by atoms with Gasteiger partial charge in [0, 0.05) is 10.6 Å². The molecule has 1 N–H and O–H groups in total. The fourth-order valence-electron chi connectivity index (χ4n) is 2.07. The molecule has 7 heteroatoms. The maximum atomic E-state index is 12.2. The van der Waals surface area contributed by atoms with E-state index in [1.165, 1.54) is 32.0 Å². The molecule has 0 spiro atoms. The van der Waals surface area contributed by atoms with Gasteiger partial charge in [0.25, 0.3) is 5.91 Å². The van der Waals surface area contributed by atoms with Crippen molar-refractivity contribution in [2.24, 2.45) is 0 Å². The summed E-state index contributed by atoms with van der Waals surface area (Å²) in [7, 11) is 0. The summed E-state index contributed by atoms with van der Waals surface area (Å²) in [5, 5.41) is 3.10. The van der Waals surface area contributed by atoms with Crippen LogP contribution in [0, 0.1) is 0 Å². The largest absolute Gasteiger partial charge is 0.449 e. The zero-order chi connectivity index (χ0) is 18.6. The van der Waals surface area contributed by atoms with Crippen molar-refractivity contribution in [1.82, 2.24) is 0 Å². The topological polar surface area (TPSA) is 72.5 Å². The second-order valence-corrected chi connectivity index (χ2v) is 6.11. The van der Waals surface area contributed by atoms with E-state index < -0.39 is 18.0 Å². The third-order valence-corrected chi connectivity index (χ3v) is 3.92. The van der Waals surface area contributed by atoms with E-state index in [9.17, 15) is 14.4 Å². The fourth-order valence-corrected chi connectivity index (χ4v) is 2.55. The van der Waals surface area contributed by atoms with Gasteiger partial charge < -0.3 is 10.1 Å². The molecule has 2 aromatic carbocycles. The molecule has 1 atom stereocenters. The molecule has 0 aromatic heterocycles. The van der Waals surface area contributed by atoms with Crippen molar-refractivity contribution in [3.8, 4) is 0 Å². The molecule has 0 aliphatic rings. The number of Topliss-reactive ketones (excluding diaryl/α,β-unsaturated/α-hetero) is 1. The Hall–Kier alpha value is -2.37. The van der Waals surface area contributed by atoms with Gasteiger partial charge in [-0.05, 0) is 44.2 Å². The number of ketones is 1. The van der Waals surface area contributed by atoms with Crippen molar-refractivity contribution in [2.75, 3.05) is 5.32 Å². The van der Waals surface area contributed by atoms with Gasteiger partial charge in [0.15, 0.2) is 11.9 Å². The van der Waals surface area contributed by atoms with Crippen LogP contribution in [0.5, 0.6) is 0 Å². The van der Waals surface area contributed by atoms with Gasteiger partial charge in [-0.25, -0.2) is 4.79 Å². The van der Waals surface area contributed by atoms with Crippen molar-refractivity contribution < 1.29 is 19.1 Å². The summed E-state index contributed by atoms with van der Waals surface area (Å²) in [5.74, 6) is -1.50. The minimum Gasteiger partial charge on any atom is -0.449 e. The van der Waals surface area contributed by atoms with Crippen molar-refractivity contribution in [1.29, 1.82) is 0 Å². The number of nitrogens with one attached hydrogen (secondary N) is 1. The first-order chi connectivity index (χ1) is 11.8. The number of carbonyl (C=O) groups is 3. The molecule has 0 saturated carbocycles. The van der Waals surface area contributed by atoms with Crippen molar-refractivity contribution in [2.45, 2.75) is 20.0 Å². The Kier molecular flexibility index (Phi) is 6.17. The number of benzene rings is 2. The molecule has 0 heterocycles. The van der Waals surface area contributed by atoms with Crippen LogP contribution in [0.15, 0.2) is 42.5 Å². The lowest BCUT2D eigenvalue weighted by Crippen LogP contribution is -2.30. The van der Waals surface area contributed by atoms with Crippen molar-refractivity contribution in [3.05, 3.63) is 63.6 Å². The third-order valence-electron chi connectivity index (χ3n) is 3.37. The summed E-state index contributed by atoms with van der Waals surface area (Å²) in [6.07, 6.45) is -1.08. The Bertz CT molecular complexity index is 836. The van der Waals surface area contributed by atoms with Crippen LogP contribution in [0.2, 0.25) is 10.0 Å². The van der Waals surface area contributed by atoms with Crippen LogP contribution in [-0.4, -0.2) is 23.8 Å². The number of hydrogen-bond acceptors (Lipinski definition) is 4. The zero-order valence-electron chi connectivity index (χ0n) is 13.5. The van der Waals surface area contributed by atoms with E-state index in [4.69, 9.17) is 27.9 Å². The quantitative estimate of drug-likeness (QED) is 0.617. The van der Waals surface area contributed by atoms with E-state index in [1.54, 1.807) is 24.3 Å². The first-order valence-electron chi connectivity index (χ1n) is 7.36. The molecule has 5 nitrogen and oxygen atoms in total. The van der Waals surface area contributed by atoms with Crippen LogP contribution in [0.1, 0.15) is 34.6 Å². The van der Waals surface area contributed by atoms with Crippen LogP contribution in [0.4, 0.5) is 5.69 Å². The van der Waals surface area contributed by atoms with Gasteiger partial charge in [-0.15, -0.1) is 0 Å². The van der Waals surface area contributed by atoms with Crippen molar-refractivity contribution >= 4 is 46.5 Å². The Morgan fingerprint density at radius 3 is 2.36 bits per heavy atom. The normalized spacial score (nSPS) is 11.5. The van der Waals surface area contributed by atoms with Gasteiger partial charge in [0.1, 0.15) is 0 Å². The lowest BCUT2D eigenvalue weighted by Gasteiger charge is -2.15. The number of carbonyl (C=O) groups excluding carboxylic acids is 3. The third kappa shape index (κ3) is 4.81. The Morgan fingerprint density at radius 2 is 1.72 bits per heavy atom. The number of hydrogen-bond donors (Lipinski definition) is 1. The fraction of sp³-hybridized carbons (Fsp3) is 0.167. The van der Waals surface area contributed by atoms with E-state index in [2.05, 4.69) is 5.32 Å². The molecule has 2 aromatic rings. The SMILES string of the molecule is CC(=O)c1ccccc1NC(=O)C(C)OC(=O)c1ccc(Cl)cc1Cl. The lowest BCUT2D eigenvalue weighted by atomic mass is 10.1. The van der Waals surface area contributed by atoms with E-state index in [0.29, 0.717) is 16.3 Å². The second kappa shape index (κ2) is 8.14. The summed E-state index contributed by atoms with van der Waals surface area (Å²) in [6.45, 7) is 2.82. The summed E-state index contributed by atoms with van der Waals surface area (Å²) in [5.41, 5.74) is 0.831. The first-order valence-corrected chi connectivity index (χ1v) is 8.12. The number of halogens is 2. The lowest BCUT2D eigenvalue weighted by molar-refractivity contribution is -0.123. The van der Waals surface area contributed by atoms with Crippen LogP contribution >= 0.6 is 23.2 Å². The molecule has 25 heavy (non-hydrogen) atoms. The highest BCUT2D eigenvalue weighted by Gasteiger charge is 2.21. The van der Waals surface area contributed by atoms with Gasteiger partial charge in [-0.1, -0.05) is 35.3 Å². The summed E-state index contributed by atoms with van der Waals surface area (Å²) in [4.78, 5) is 36.0. The van der Waals surface area contributed by atoms with Gasteiger partial charge in [-0.3, -0.25) is 9.59 Å². The maximum Gasteiger partial charge on any atom is 0.340 e. The highest BCUT2D eigenvalue weighted by Crippen LogP contribution is 2.22. The maximum absolute atomic E-state index is 12.2. The van der Waals surface area contributed by atoms with Gasteiger partial charge in [0.05, 0.1) is 16.3 Å². The monoisotopic (exact) mass is 379 g/mol. The number of amides is 1. The molecule has 1 unspecified atom stereocenters. The van der Waals surface area contributed by atoms with Crippen LogP contribution in [0.25, 0.3) is 0 Å². The summed E-state index contributed by atoms with van der Waals surface area (Å²) < 4.78 is 5.13. The standard InChI is InChI=1S/C18H15Cl2NO4/c1-10(22)13-5-3-4-6-16(13)21-17(23)11(2)25-18(24)14-8-7-12(19)9-15(14)20/h3-9,11H,1-2H3,(H,21,23). The molecule has 0 fully saturated rings. The Balaban J connectivity index is 2.08. The predicted octanol–water partition coefficient (Wildman–Crippen LogP) is 4.38. The predicted molar refractivity (Wildman–Crippen MR) is 96.4 cm³/mol. The number of rotatable bonds is 5. The molecule has 0 aliphatic heterocycles. The van der Waals surface area contributed by atoms with E-state index in [0.717, 1.165) is 0 Å². The smallest absolute Gasteiger partial charge is 0.340 e. The highest BCUT2D eigenvalue weighted by molar-refractivity contribution is 6.36. The number of para-hydroxylation sites is 1. The average Bonchev–Trinajstić information content (AvgIpc) is 2.54. The van der Waals surface area contributed by atoms with Crippen LogP contribution in [-0.2, 0) is 9.53 Å². The second-order valence-electron chi connectivity index (χ2n) is 5.26. The van der Waals surface area contributed by atoms with E-state index in [1.807, 2.05) is 0 Å². The molecule has 0 radical (unpaired) electrons. The van der Waals surface area contributed by atoms with Crippen LogP contribution in [0.3, 0.4) is 0 Å². The van der Waals surface area contributed by atoms with Crippen LogP contribution < -0.4 is 5.32 Å². The molecule has 130 valence electrons. The van der Waals surface area contributed by atoms with E-state index >= 15 is 0 Å². The summed E-state index contributed by atoms with van der Waals surface area (Å²) >= 11 is 11.7. The average molecular weight is 380 g/mol. The molecule has 0 aliphatic carbocycles.